The fourth-order valence-electron chi connectivity index (χ4n) is 1.96. The zero-order chi connectivity index (χ0) is 11.0. The maximum absolute atomic E-state index is 4.45. The molecule has 86 valence electrons. The van der Waals surface area contributed by atoms with Crippen LogP contribution < -0.4 is 0 Å². The quantitative estimate of drug-likeness (QED) is 0.533. The van der Waals surface area contributed by atoms with Crippen molar-refractivity contribution in [2.45, 2.75) is 70.9 Å². The average molecular weight is 209 g/mol. The van der Waals surface area contributed by atoms with E-state index in [4.69, 9.17) is 0 Å². The van der Waals surface area contributed by atoms with Gasteiger partial charge in [-0.15, -0.1) is 5.11 Å². The lowest BCUT2D eigenvalue weighted by molar-refractivity contribution is 0.354. The molecule has 0 atom stereocenters. The number of azo groups is 1. The molecule has 0 saturated heterocycles. The van der Waals surface area contributed by atoms with Crippen LogP contribution in [0, 0.1) is 0 Å². The van der Waals surface area contributed by atoms with Crippen LogP contribution in [0.5, 0.6) is 0 Å². The first-order valence-corrected chi connectivity index (χ1v) is 6.28. The Kier molecular flexibility index (Phi) is 5.51. The Morgan fingerprint density at radius 2 is 1.53 bits per heavy atom. The normalized spacial score (nSPS) is 17.5. The lowest BCUT2D eigenvalue weighted by Crippen LogP contribution is -2.21. The Labute approximate surface area is 93.1 Å². The lowest BCUT2D eigenvalue weighted by atomic mass is 9.96. The maximum Gasteiger partial charge on any atom is 0.172 e. The highest BCUT2D eigenvalue weighted by molar-refractivity contribution is 5.57. The summed E-state index contributed by atoms with van der Waals surface area (Å²) in [6.45, 7) is 4.45. The highest BCUT2D eigenvalue weighted by Crippen LogP contribution is 2.30. The summed E-state index contributed by atoms with van der Waals surface area (Å²) in [6.07, 6.45) is 11.3. The van der Waals surface area contributed by atoms with Crippen LogP contribution in [0.2, 0.25) is 0 Å². The van der Waals surface area contributed by atoms with Crippen molar-refractivity contribution in [3.05, 3.63) is 0 Å². The van der Waals surface area contributed by atoms with Crippen molar-refractivity contribution in [2.24, 2.45) is 15.2 Å². The van der Waals surface area contributed by atoms with Crippen molar-refractivity contribution in [1.82, 2.24) is 0 Å². The van der Waals surface area contributed by atoms with E-state index in [2.05, 4.69) is 29.1 Å². The summed E-state index contributed by atoms with van der Waals surface area (Å²) in [5.41, 5.74) is -0.176. The van der Waals surface area contributed by atoms with E-state index in [1.54, 1.807) is 6.34 Å². The zero-order valence-corrected chi connectivity index (χ0v) is 10.1. The van der Waals surface area contributed by atoms with Gasteiger partial charge in [0.1, 0.15) is 6.34 Å². The van der Waals surface area contributed by atoms with Gasteiger partial charge >= 0.3 is 0 Å². The van der Waals surface area contributed by atoms with Crippen molar-refractivity contribution in [1.29, 1.82) is 0 Å². The molecule has 1 aliphatic heterocycles. The van der Waals surface area contributed by atoms with Crippen molar-refractivity contribution < 1.29 is 0 Å². The standard InChI is InChI=1S/C12H23N3/c1-3-5-7-9-12(10-8-6-4-2)13-11-14-15-12/h11H,3-10H2,1-2H3. The first-order valence-electron chi connectivity index (χ1n) is 6.28. The third-order valence-electron chi connectivity index (χ3n) is 2.95. The molecule has 0 unspecified atom stereocenters. The summed E-state index contributed by atoms with van der Waals surface area (Å²) < 4.78 is 0. The Bertz CT molecular complexity index is 197. The molecule has 3 heteroatoms. The van der Waals surface area contributed by atoms with Gasteiger partial charge in [0.25, 0.3) is 0 Å². The Balaban J connectivity index is 2.34. The van der Waals surface area contributed by atoms with E-state index in [9.17, 15) is 0 Å². The molecule has 3 nitrogen and oxygen atoms in total. The molecule has 0 aliphatic carbocycles. The summed E-state index contributed by atoms with van der Waals surface area (Å²) >= 11 is 0. The van der Waals surface area contributed by atoms with Crippen LogP contribution in [0.1, 0.15) is 65.2 Å². The van der Waals surface area contributed by atoms with Crippen molar-refractivity contribution in [3.8, 4) is 0 Å². The van der Waals surface area contributed by atoms with Crippen molar-refractivity contribution in [3.63, 3.8) is 0 Å². The van der Waals surface area contributed by atoms with Gasteiger partial charge in [0.2, 0.25) is 0 Å². The highest BCUT2D eigenvalue weighted by atomic mass is 15.3. The van der Waals surface area contributed by atoms with Crippen LogP contribution in [0.3, 0.4) is 0 Å². The molecule has 1 aliphatic rings. The molecule has 0 aromatic rings. The second-order valence-electron chi connectivity index (χ2n) is 4.36. The summed E-state index contributed by atoms with van der Waals surface area (Å²) in [5.74, 6) is 0. The molecule has 0 bridgehead atoms. The predicted molar refractivity (Wildman–Crippen MR) is 64.4 cm³/mol. The monoisotopic (exact) mass is 209 g/mol. The van der Waals surface area contributed by atoms with Gasteiger partial charge < -0.3 is 0 Å². The molecule has 0 aromatic carbocycles. The van der Waals surface area contributed by atoms with Gasteiger partial charge in [0.05, 0.1) is 0 Å². The summed E-state index contributed by atoms with van der Waals surface area (Å²) in [7, 11) is 0. The number of hydrogen-bond donors (Lipinski definition) is 0. The van der Waals surface area contributed by atoms with Crippen LogP contribution >= 0.6 is 0 Å². The zero-order valence-electron chi connectivity index (χ0n) is 10.1. The van der Waals surface area contributed by atoms with Gasteiger partial charge in [-0.2, -0.15) is 5.11 Å². The molecule has 0 spiro atoms. The molecule has 0 amide bonds. The lowest BCUT2D eigenvalue weighted by Gasteiger charge is -2.20. The first-order chi connectivity index (χ1) is 7.33. The van der Waals surface area contributed by atoms with E-state index in [0.29, 0.717) is 0 Å². The second kappa shape index (κ2) is 6.70. The van der Waals surface area contributed by atoms with Gasteiger partial charge in [-0.25, -0.2) is 4.99 Å². The largest absolute Gasteiger partial charge is 0.240 e. The Morgan fingerprint density at radius 1 is 0.933 bits per heavy atom. The molecule has 1 rings (SSSR count). The average Bonchev–Trinajstić information content (AvgIpc) is 2.68. The van der Waals surface area contributed by atoms with E-state index in [-0.39, 0.29) is 5.66 Å². The number of aliphatic imine (C=N–C) groups is 1. The van der Waals surface area contributed by atoms with Gasteiger partial charge in [-0.1, -0.05) is 39.5 Å². The molecule has 0 N–H and O–H groups in total. The Hall–Kier alpha value is -0.730. The molecule has 0 fully saturated rings. The van der Waals surface area contributed by atoms with Crippen LogP contribution in [-0.4, -0.2) is 12.0 Å². The minimum absolute atomic E-state index is 0.176. The minimum atomic E-state index is -0.176. The fraction of sp³-hybridized carbons (Fsp3) is 0.917. The molecule has 0 saturated carbocycles. The van der Waals surface area contributed by atoms with Gasteiger partial charge in [0, 0.05) is 0 Å². The number of hydrogen-bond acceptors (Lipinski definition) is 3. The minimum Gasteiger partial charge on any atom is -0.240 e. The summed E-state index contributed by atoms with van der Waals surface area (Å²) in [5, 5.41) is 8.24. The third-order valence-corrected chi connectivity index (χ3v) is 2.95. The van der Waals surface area contributed by atoms with Crippen molar-refractivity contribution >= 4 is 6.34 Å². The SMILES string of the molecule is CCCCCC1(CCCCC)N=CN=N1. The molecule has 1 heterocycles. The number of rotatable bonds is 8. The Morgan fingerprint density at radius 3 is 1.93 bits per heavy atom. The summed E-state index contributed by atoms with van der Waals surface area (Å²) in [6, 6.07) is 0. The molecule has 0 aromatic heterocycles. The number of nitrogens with zero attached hydrogens (tertiary/aromatic N) is 3. The molecular formula is C12H23N3. The van der Waals surface area contributed by atoms with Gasteiger partial charge in [0.15, 0.2) is 5.66 Å². The fourth-order valence-corrected chi connectivity index (χ4v) is 1.96. The smallest absolute Gasteiger partial charge is 0.172 e. The van der Waals surface area contributed by atoms with E-state index < -0.39 is 0 Å². The van der Waals surface area contributed by atoms with E-state index in [0.717, 1.165) is 12.8 Å². The van der Waals surface area contributed by atoms with Gasteiger partial charge in [-0.05, 0) is 25.7 Å². The van der Waals surface area contributed by atoms with Crippen molar-refractivity contribution in [2.75, 3.05) is 0 Å². The molecule has 0 radical (unpaired) electrons. The summed E-state index contributed by atoms with van der Waals surface area (Å²) in [4.78, 5) is 4.45. The van der Waals surface area contributed by atoms with E-state index in [1.165, 1.54) is 38.5 Å². The highest BCUT2D eigenvalue weighted by Gasteiger charge is 2.29. The van der Waals surface area contributed by atoms with Gasteiger partial charge in [-0.3, -0.25) is 0 Å². The second-order valence-corrected chi connectivity index (χ2v) is 4.36. The van der Waals surface area contributed by atoms with Crippen LogP contribution in [0.4, 0.5) is 0 Å². The van der Waals surface area contributed by atoms with E-state index >= 15 is 0 Å². The topological polar surface area (TPSA) is 37.1 Å². The van der Waals surface area contributed by atoms with Crippen LogP contribution in [0.25, 0.3) is 0 Å². The predicted octanol–water partition coefficient (Wildman–Crippen LogP) is 4.34. The van der Waals surface area contributed by atoms with Crippen LogP contribution in [-0.2, 0) is 0 Å². The molecule has 15 heavy (non-hydrogen) atoms. The van der Waals surface area contributed by atoms with E-state index in [1.807, 2.05) is 0 Å². The maximum atomic E-state index is 4.45. The molecular weight excluding hydrogens is 186 g/mol. The third kappa shape index (κ3) is 4.10. The van der Waals surface area contributed by atoms with Crippen LogP contribution in [0.15, 0.2) is 15.2 Å². The number of unbranched alkanes of at least 4 members (excludes halogenated alkanes) is 4. The first kappa shape index (κ1) is 12.3.